The maximum Gasteiger partial charge on any atom is 0.132 e. The molecule has 3 heteroatoms. The maximum atomic E-state index is 10.7. The van der Waals surface area contributed by atoms with Crippen molar-refractivity contribution < 1.29 is 9.53 Å². The Morgan fingerprint density at radius 3 is 2.79 bits per heavy atom. The normalized spacial score (nSPS) is 23.3. The van der Waals surface area contributed by atoms with Crippen LogP contribution in [0.5, 0.6) is 0 Å². The van der Waals surface area contributed by atoms with Gasteiger partial charge in [-0.2, -0.15) is 0 Å². The fourth-order valence-electron chi connectivity index (χ4n) is 1.73. The molecule has 0 spiro atoms. The summed E-state index contributed by atoms with van der Waals surface area (Å²) in [6.45, 7) is 8.76. The number of Topliss-reactive ketones (excluding diaryl/α,β-unsaturated/α-hetero) is 1. The van der Waals surface area contributed by atoms with Crippen LogP contribution in [0.4, 0.5) is 0 Å². The standard InChI is InChI=1S/C11H21NO2/c1-9(2)12-6-4-11(8-12)14-7-5-10(3)13/h9,11H,4-8H2,1-3H3/t11-/m0/s1. The van der Waals surface area contributed by atoms with Crippen molar-refractivity contribution in [1.82, 2.24) is 4.90 Å². The number of carbonyl (C=O) groups excluding carboxylic acids is 1. The fourth-order valence-corrected chi connectivity index (χ4v) is 1.73. The van der Waals surface area contributed by atoms with Crippen LogP contribution >= 0.6 is 0 Å². The van der Waals surface area contributed by atoms with Gasteiger partial charge in [0.05, 0.1) is 12.7 Å². The highest BCUT2D eigenvalue weighted by Gasteiger charge is 2.24. The third-order valence-electron chi connectivity index (χ3n) is 2.71. The molecular weight excluding hydrogens is 178 g/mol. The molecular formula is C11H21NO2. The van der Waals surface area contributed by atoms with Gasteiger partial charge in [-0.3, -0.25) is 9.69 Å². The molecule has 0 aromatic carbocycles. The van der Waals surface area contributed by atoms with Gasteiger partial charge >= 0.3 is 0 Å². The molecule has 0 radical (unpaired) electrons. The quantitative estimate of drug-likeness (QED) is 0.671. The van der Waals surface area contributed by atoms with Crippen LogP contribution in [0.3, 0.4) is 0 Å². The van der Waals surface area contributed by atoms with Crippen molar-refractivity contribution in [2.75, 3.05) is 19.7 Å². The number of carbonyl (C=O) groups is 1. The molecule has 1 saturated heterocycles. The summed E-state index contributed by atoms with van der Waals surface area (Å²) in [4.78, 5) is 13.1. The lowest BCUT2D eigenvalue weighted by molar-refractivity contribution is -0.118. The second-order valence-corrected chi connectivity index (χ2v) is 4.32. The molecule has 0 aliphatic carbocycles. The molecule has 0 bridgehead atoms. The van der Waals surface area contributed by atoms with Crippen LogP contribution in [-0.4, -0.2) is 42.5 Å². The van der Waals surface area contributed by atoms with E-state index in [1.165, 1.54) is 0 Å². The van der Waals surface area contributed by atoms with Crippen molar-refractivity contribution in [3.63, 3.8) is 0 Å². The number of ketones is 1. The summed E-state index contributed by atoms with van der Waals surface area (Å²) in [5.41, 5.74) is 0. The summed E-state index contributed by atoms with van der Waals surface area (Å²) in [7, 11) is 0. The number of likely N-dealkylation sites (tertiary alicyclic amines) is 1. The van der Waals surface area contributed by atoms with E-state index >= 15 is 0 Å². The Balaban J connectivity index is 2.13. The van der Waals surface area contributed by atoms with E-state index < -0.39 is 0 Å². The molecule has 0 unspecified atom stereocenters. The summed E-state index contributed by atoms with van der Waals surface area (Å²) in [6, 6.07) is 0.608. The minimum atomic E-state index is 0.212. The van der Waals surface area contributed by atoms with Crippen LogP contribution in [0.25, 0.3) is 0 Å². The van der Waals surface area contributed by atoms with E-state index in [0.717, 1.165) is 19.5 Å². The lowest BCUT2D eigenvalue weighted by Gasteiger charge is -2.20. The van der Waals surface area contributed by atoms with Crippen LogP contribution in [-0.2, 0) is 9.53 Å². The predicted molar refractivity (Wildman–Crippen MR) is 56.4 cm³/mol. The van der Waals surface area contributed by atoms with Gasteiger partial charge in [0.25, 0.3) is 0 Å². The number of hydrogen-bond acceptors (Lipinski definition) is 3. The maximum absolute atomic E-state index is 10.7. The molecule has 1 heterocycles. The first-order valence-electron chi connectivity index (χ1n) is 5.44. The van der Waals surface area contributed by atoms with Crippen LogP contribution in [0.2, 0.25) is 0 Å². The lowest BCUT2D eigenvalue weighted by Crippen LogP contribution is -2.29. The molecule has 3 nitrogen and oxygen atoms in total. The second kappa shape index (κ2) is 5.47. The van der Waals surface area contributed by atoms with Crippen LogP contribution in [0, 0.1) is 0 Å². The predicted octanol–water partition coefficient (Wildman–Crippen LogP) is 1.46. The smallest absolute Gasteiger partial charge is 0.132 e. The lowest BCUT2D eigenvalue weighted by atomic mass is 10.3. The minimum Gasteiger partial charge on any atom is -0.376 e. The molecule has 1 fully saturated rings. The van der Waals surface area contributed by atoms with Crippen molar-refractivity contribution in [2.45, 2.75) is 45.8 Å². The van der Waals surface area contributed by atoms with Crippen molar-refractivity contribution in [3.05, 3.63) is 0 Å². The van der Waals surface area contributed by atoms with Gasteiger partial charge in [0.15, 0.2) is 0 Å². The third-order valence-corrected chi connectivity index (χ3v) is 2.71. The average molecular weight is 199 g/mol. The van der Waals surface area contributed by atoms with Gasteiger partial charge in [-0.1, -0.05) is 0 Å². The molecule has 14 heavy (non-hydrogen) atoms. The van der Waals surface area contributed by atoms with Gasteiger partial charge in [0.2, 0.25) is 0 Å². The molecule has 1 aliphatic heterocycles. The van der Waals surface area contributed by atoms with E-state index in [1.807, 2.05) is 0 Å². The van der Waals surface area contributed by atoms with Crippen molar-refractivity contribution in [1.29, 1.82) is 0 Å². The molecule has 0 amide bonds. The highest BCUT2D eigenvalue weighted by Crippen LogP contribution is 2.15. The monoisotopic (exact) mass is 199 g/mol. The van der Waals surface area contributed by atoms with Gasteiger partial charge in [-0.25, -0.2) is 0 Å². The largest absolute Gasteiger partial charge is 0.376 e. The zero-order chi connectivity index (χ0) is 10.6. The van der Waals surface area contributed by atoms with E-state index in [4.69, 9.17) is 4.74 Å². The van der Waals surface area contributed by atoms with Gasteiger partial charge in [0.1, 0.15) is 5.78 Å². The Morgan fingerprint density at radius 2 is 2.29 bits per heavy atom. The van der Waals surface area contributed by atoms with Gasteiger partial charge in [0, 0.05) is 25.6 Å². The van der Waals surface area contributed by atoms with Gasteiger partial charge in [-0.05, 0) is 27.2 Å². The number of nitrogens with zero attached hydrogens (tertiary/aromatic N) is 1. The number of rotatable bonds is 5. The first kappa shape index (κ1) is 11.7. The molecule has 1 atom stereocenters. The molecule has 1 rings (SSSR count). The Labute approximate surface area is 86.4 Å². The second-order valence-electron chi connectivity index (χ2n) is 4.32. The molecule has 1 aliphatic rings. The van der Waals surface area contributed by atoms with E-state index in [2.05, 4.69) is 18.7 Å². The summed E-state index contributed by atoms with van der Waals surface area (Å²) in [6.07, 6.45) is 2.01. The van der Waals surface area contributed by atoms with E-state index in [9.17, 15) is 4.79 Å². The molecule has 0 aromatic heterocycles. The highest BCUT2D eigenvalue weighted by atomic mass is 16.5. The van der Waals surface area contributed by atoms with Crippen molar-refractivity contribution >= 4 is 5.78 Å². The van der Waals surface area contributed by atoms with E-state index in [1.54, 1.807) is 6.92 Å². The van der Waals surface area contributed by atoms with Crippen molar-refractivity contribution in [2.24, 2.45) is 0 Å². The summed E-state index contributed by atoms with van der Waals surface area (Å²) in [5, 5.41) is 0. The molecule has 0 aromatic rings. The molecule has 82 valence electrons. The Morgan fingerprint density at radius 1 is 1.57 bits per heavy atom. The summed E-state index contributed by atoms with van der Waals surface area (Å²) in [5.74, 6) is 0.212. The SMILES string of the molecule is CC(=O)CCO[C@H]1CCN(C(C)C)C1. The minimum absolute atomic E-state index is 0.212. The van der Waals surface area contributed by atoms with Crippen molar-refractivity contribution in [3.8, 4) is 0 Å². The average Bonchev–Trinajstić information content (AvgIpc) is 2.52. The molecule has 0 N–H and O–H groups in total. The Kier molecular flexibility index (Phi) is 4.55. The van der Waals surface area contributed by atoms with E-state index in [0.29, 0.717) is 25.2 Å². The topological polar surface area (TPSA) is 29.5 Å². The van der Waals surface area contributed by atoms with Gasteiger partial charge < -0.3 is 4.74 Å². The highest BCUT2D eigenvalue weighted by molar-refractivity contribution is 5.75. The zero-order valence-corrected chi connectivity index (χ0v) is 9.45. The molecule has 0 saturated carbocycles. The first-order chi connectivity index (χ1) is 6.59. The third kappa shape index (κ3) is 3.76. The van der Waals surface area contributed by atoms with Crippen LogP contribution in [0.15, 0.2) is 0 Å². The summed E-state index contributed by atoms with van der Waals surface area (Å²) >= 11 is 0. The first-order valence-corrected chi connectivity index (χ1v) is 5.44. The van der Waals surface area contributed by atoms with Crippen LogP contribution < -0.4 is 0 Å². The zero-order valence-electron chi connectivity index (χ0n) is 9.45. The van der Waals surface area contributed by atoms with Crippen LogP contribution in [0.1, 0.15) is 33.6 Å². The number of ether oxygens (including phenoxy) is 1. The van der Waals surface area contributed by atoms with Gasteiger partial charge in [-0.15, -0.1) is 0 Å². The Hall–Kier alpha value is -0.410. The summed E-state index contributed by atoms with van der Waals surface area (Å²) < 4.78 is 5.63. The van der Waals surface area contributed by atoms with E-state index in [-0.39, 0.29) is 5.78 Å². The fraction of sp³-hybridized carbons (Fsp3) is 0.909. The Bertz CT molecular complexity index is 192. The number of hydrogen-bond donors (Lipinski definition) is 0.